The summed E-state index contributed by atoms with van der Waals surface area (Å²) in [4.78, 5) is 40.8. The maximum absolute atomic E-state index is 15.5. The Morgan fingerprint density at radius 3 is 2.50 bits per heavy atom. The number of carbonyl (C=O) groups excluding carboxylic acids is 3. The highest BCUT2D eigenvalue weighted by Crippen LogP contribution is 2.37. The summed E-state index contributed by atoms with van der Waals surface area (Å²) in [6, 6.07) is 3.44. The first-order chi connectivity index (χ1) is 18.9. The molecule has 218 valence electrons. The predicted molar refractivity (Wildman–Crippen MR) is 149 cm³/mol. The number of ether oxygens (including phenoxy) is 1. The van der Waals surface area contributed by atoms with E-state index in [1.54, 1.807) is 4.68 Å². The van der Waals surface area contributed by atoms with Crippen molar-refractivity contribution < 1.29 is 23.5 Å². The summed E-state index contributed by atoms with van der Waals surface area (Å²) in [5, 5.41) is 7.59. The van der Waals surface area contributed by atoms with Crippen LogP contribution < -0.4 is 5.32 Å². The number of rotatable bonds is 4. The first kappa shape index (κ1) is 28.5. The van der Waals surface area contributed by atoms with Crippen LogP contribution in [0.2, 0.25) is 0 Å². The van der Waals surface area contributed by atoms with Crippen molar-refractivity contribution in [1.29, 1.82) is 0 Å². The lowest BCUT2D eigenvalue weighted by atomic mass is 9.84. The zero-order valence-electron chi connectivity index (χ0n) is 24.3. The number of hydrogen-bond acceptors (Lipinski definition) is 6. The summed E-state index contributed by atoms with van der Waals surface area (Å²) in [6.45, 7) is 12.1. The smallest absolute Gasteiger partial charge is 0.410 e. The second kappa shape index (κ2) is 11.1. The van der Waals surface area contributed by atoms with E-state index in [9.17, 15) is 14.4 Å². The van der Waals surface area contributed by atoms with Crippen LogP contribution in [0.5, 0.6) is 0 Å². The second-order valence-electron chi connectivity index (χ2n) is 12.9. The van der Waals surface area contributed by atoms with E-state index in [-0.39, 0.29) is 36.1 Å². The monoisotopic (exact) mass is 555 g/mol. The van der Waals surface area contributed by atoms with Gasteiger partial charge >= 0.3 is 6.09 Å². The maximum Gasteiger partial charge on any atom is 0.410 e. The standard InChI is InChI=1S/C30H42FN5O4/c1-18-16-36(29(39)40-30(2,3)4)13-10-20(18)17-35-11-8-19(9-12-35)22-15-25-23(14-24(22)31)27(33-34(25)5)21-6-7-26(37)32-28(21)38/h14-15,18-21H,6-13,16-17H2,1-5H3,(H,32,37,38)/t18-,20-,21?/m1/s1. The molecule has 40 heavy (non-hydrogen) atoms. The predicted octanol–water partition coefficient (Wildman–Crippen LogP) is 4.31. The van der Waals surface area contributed by atoms with Gasteiger partial charge in [0.25, 0.3) is 0 Å². The minimum atomic E-state index is -0.548. The fourth-order valence-electron chi connectivity index (χ4n) is 6.56. The van der Waals surface area contributed by atoms with Gasteiger partial charge in [-0.3, -0.25) is 19.6 Å². The highest BCUT2D eigenvalue weighted by molar-refractivity contribution is 6.02. The van der Waals surface area contributed by atoms with Gasteiger partial charge < -0.3 is 14.5 Å². The topological polar surface area (TPSA) is 96.8 Å². The average molecular weight is 556 g/mol. The molecule has 3 amide bonds. The Kier molecular flexibility index (Phi) is 7.92. The largest absolute Gasteiger partial charge is 0.444 e. The molecule has 5 rings (SSSR count). The molecule has 0 aliphatic carbocycles. The molecule has 4 heterocycles. The Morgan fingerprint density at radius 1 is 1.12 bits per heavy atom. The summed E-state index contributed by atoms with van der Waals surface area (Å²) < 4.78 is 22.8. The van der Waals surface area contributed by atoms with E-state index in [1.807, 2.05) is 38.8 Å². The van der Waals surface area contributed by atoms with Crippen LogP contribution >= 0.6 is 0 Å². The molecule has 9 nitrogen and oxygen atoms in total. The number of nitrogens with zero attached hydrogens (tertiary/aromatic N) is 4. The Bertz CT molecular complexity index is 1290. The van der Waals surface area contributed by atoms with Crippen LogP contribution in [0.3, 0.4) is 0 Å². The van der Waals surface area contributed by atoms with Crippen LogP contribution in [0, 0.1) is 17.7 Å². The van der Waals surface area contributed by atoms with E-state index in [0.717, 1.165) is 51.0 Å². The molecule has 1 aromatic carbocycles. The van der Waals surface area contributed by atoms with Crippen molar-refractivity contribution in [3.8, 4) is 0 Å². The molecule has 1 N–H and O–H groups in total. The van der Waals surface area contributed by atoms with Crippen LogP contribution in [0.25, 0.3) is 10.9 Å². The maximum atomic E-state index is 15.5. The van der Waals surface area contributed by atoms with Crippen LogP contribution in [-0.4, -0.2) is 75.8 Å². The molecule has 0 spiro atoms. The number of likely N-dealkylation sites (tertiary alicyclic amines) is 2. The molecule has 3 fully saturated rings. The van der Waals surface area contributed by atoms with E-state index in [1.165, 1.54) is 6.07 Å². The van der Waals surface area contributed by atoms with Gasteiger partial charge in [0.05, 0.1) is 17.1 Å². The molecule has 0 bridgehead atoms. The fraction of sp³-hybridized carbons (Fsp3) is 0.667. The van der Waals surface area contributed by atoms with Gasteiger partial charge in [0.1, 0.15) is 11.4 Å². The van der Waals surface area contributed by atoms with Crippen LogP contribution in [-0.2, 0) is 21.4 Å². The van der Waals surface area contributed by atoms with Crippen molar-refractivity contribution >= 4 is 28.8 Å². The van der Waals surface area contributed by atoms with Gasteiger partial charge in [0.2, 0.25) is 11.8 Å². The molecule has 3 aliphatic heterocycles. The molecule has 0 radical (unpaired) electrons. The number of benzene rings is 1. The molecule has 10 heteroatoms. The van der Waals surface area contributed by atoms with Crippen molar-refractivity contribution in [2.45, 2.75) is 77.2 Å². The van der Waals surface area contributed by atoms with Crippen LogP contribution in [0.15, 0.2) is 12.1 Å². The van der Waals surface area contributed by atoms with Crippen molar-refractivity contribution in [2.24, 2.45) is 18.9 Å². The summed E-state index contributed by atoms with van der Waals surface area (Å²) >= 11 is 0. The summed E-state index contributed by atoms with van der Waals surface area (Å²) in [5.41, 5.74) is 1.57. The number of piperidine rings is 3. The van der Waals surface area contributed by atoms with Gasteiger partial charge in [-0.05, 0) is 95.0 Å². The van der Waals surface area contributed by atoms with Gasteiger partial charge in [-0.2, -0.15) is 5.10 Å². The normalized spacial score (nSPS) is 25.4. The third-order valence-corrected chi connectivity index (χ3v) is 8.82. The number of carbonyl (C=O) groups is 3. The average Bonchev–Trinajstić information content (AvgIpc) is 3.19. The molecule has 3 atom stereocenters. The lowest BCUT2D eigenvalue weighted by Gasteiger charge is -2.41. The molecule has 1 aromatic heterocycles. The SMILES string of the molecule is C[C@@H]1CN(C(=O)OC(C)(C)C)CC[C@@H]1CN1CCC(c2cc3c(cc2F)c(C2CCC(=O)NC2=O)nn3C)CC1. The Hall–Kier alpha value is -3.01. The van der Waals surface area contributed by atoms with Gasteiger partial charge in [0, 0.05) is 38.5 Å². The summed E-state index contributed by atoms with van der Waals surface area (Å²) in [7, 11) is 1.82. The number of fused-ring (bicyclic) bond motifs is 1. The van der Waals surface area contributed by atoms with E-state index in [0.29, 0.717) is 41.4 Å². The second-order valence-corrected chi connectivity index (χ2v) is 12.9. The van der Waals surface area contributed by atoms with Crippen LogP contribution in [0.4, 0.5) is 9.18 Å². The Balaban J connectivity index is 1.20. The van der Waals surface area contributed by atoms with Crippen molar-refractivity contribution in [3.63, 3.8) is 0 Å². The minimum absolute atomic E-state index is 0.126. The molecular weight excluding hydrogens is 513 g/mol. The van der Waals surface area contributed by atoms with Crippen molar-refractivity contribution in [3.05, 3.63) is 29.2 Å². The quantitative estimate of drug-likeness (QED) is 0.565. The highest BCUT2D eigenvalue weighted by atomic mass is 19.1. The molecule has 0 saturated carbocycles. The van der Waals surface area contributed by atoms with Gasteiger partial charge in [-0.25, -0.2) is 9.18 Å². The Morgan fingerprint density at radius 2 is 1.85 bits per heavy atom. The number of nitrogens with one attached hydrogen (secondary N) is 1. The molecular formula is C30H42FN5O4. The van der Waals surface area contributed by atoms with E-state index in [2.05, 4.69) is 22.2 Å². The van der Waals surface area contributed by atoms with Gasteiger partial charge in [-0.15, -0.1) is 0 Å². The minimum Gasteiger partial charge on any atom is -0.444 e. The van der Waals surface area contributed by atoms with E-state index in [4.69, 9.17) is 4.74 Å². The lowest BCUT2D eigenvalue weighted by Crippen LogP contribution is -2.48. The number of aryl methyl sites for hydroxylation is 1. The van der Waals surface area contributed by atoms with Gasteiger partial charge in [0.15, 0.2) is 0 Å². The zero-order valence-corrected chi connectivity index (χ0v) is 24.3. The number of halogens is 1. The highest BCUT2D eigenvalue weighted by Gasteiger charge is 2.35. The summed E-state index contributed by atoms with van der Waals surface area (Å²) in [5.74, 6) is -0.407. The fourth-order valence-corrected chi connectivity index (χ4v) is 6.56. The van der Waals surface area contributed by atoms with Crippen molar-refractivity contribution in [1.82, 2.24) is 24.9 Å². The summed E-state index contributed by atoms with van der Waals surface area (Å²) in [6.07, 6.45) is 3.14. The van der Waals surface area contributed by atoms with Crippen LogP contribution in [0.1, 0.15) is 82.9 Å². The third-order valence-electron chi connectivity index (χ3n) is 8.82. The van der Waals surface area contributed by atoms with Gasteiger partial charge in [-0.1, -0.05) is 6.92 Å². The third kappa shape index (κ3) is 6.01. The zero-order chi connectivity index (χ0) is 28.8. The first-order valence-corrected chi connectivity index (χ1v) is 14.6. The lowest BCUT2D eigenvalue weighted by molar-refractivity contribution is -0.134. The van der Waals surface area contributed by atoms with E-state index < -0.39 is 11.5 Å². The molecule has 3 aliphatic rings. The molecule has 2 aromatic rings. The number of amides is 3. The number of hydrogen-bond donors (Lipinski definition) is 1. The first-order valence-electron chi connectivity index (χ1n) is 14.6. The number of imide groups is 1. The number of aromatic nitrogens is 2. The Labute approximate surface area is 235 Å². The molecule has 3 saturated heterocycles. The molecule has 1 unspecified atom stereocenters. The van der Waals surface area contributed by atoms with E-state index >= 15 is 4.39 Å². The van der Waals surface area contributed by atoms with Crippen molar-refractivity contribution in [2.75, 3.05) is 32.7 Å².